The Kier molecular flexibility index (Phi) is 8.79. The lowest BCUT2D eigenvalue weighted by Gasteiger charge is -2.27. The van der Waals surface area contributed by atoms with E-state index in [-0.39, 0.29) is 16.8 Å². The fourth-order valence-corrected chi connectivity index (χ4v) is 4.61. The molecule has 9 heteroatoms. The second-order valence-electron chi connectivity index (χ2n) is 8.48. The van der Waals surface area contributed by atoms with E-state index in [9.17, 15) is 9.90 Å². The molecule has 1 aliphatic rings. The van der Waals surface area contributed by atoms with Crippen LogP contribution in [0.15, 0.2) is 60.8 Å². The van der Waals surface area contributed by atoms with E-state index < -0.39 is 12.1 Å². The average Bonchev–Trinajstić information content (AvgIpc) is 2.88. The number of halogens is 2. The Morgan fingerprint density at radius 2 is 1.89 bits per heavy atom. The molecule has 184 valence electrons. The maximum atomic E-state index is 13.0. The van der Waals surface area contributed by atoms with Crippen LogP contribution in [0.1, 0.15) is 42.5 Å². The predicted molar refractivity (Wildman–Crippen MR) is 137 cm³/mol. The van der Waals surface area contributed by atoms with E-state index in [1.807, 2.05) is 35.2 Å². The topological polar surface area (TPSA) is 87.6 Å². The number of ether oxygens (including phenoxy) is 1. The second-order valence-corrected chi connectivity index (χ2v) is 9.22. The summed E-state index contributed by atoms with van der Waals surface area (Å²) in [6.45, 7) is 0.784. The Balaban J connectivity index is 1.54. The summed E-state index contributed by atoms with van der Waals surface area (Å²) in [5.41, 5.74) is 0.950. The Morgan fingerprint density at radius 3 is 2.63 bits per heavy atom. The lowest BCUT2D eigenvalue weighted by Crippen LogP contribution is -2.41. The number of aliphatic hydroxyl groups is 1. The van der Waals surface area contributed by atoms with E-state index in [1.54, 1.807) is 30.5 Å². The van der Waals surface area contributed by atoms with Gasteiger partial charge in [-0.05, 0) is 60.8 Å². The van der Waals surface area contributed by atoms with Crippen LogP contribution in [0, 0.1) is 5.92 Å². The first-order valence-corrected chi connectivity index (χ1v) is 12.5. The molecule has 1 unspecified atom stereocenters. The zero-order valence-electron chi connectivity index (χ0n) is 19.2. The van der Waals surface area contributed by atoms with Crippen molar-refractivity contribution in [3.63, 3.8) is 0 Å². The highest BCUT2D eigenvalue weighted by molar-refractivity contribution is 6.34. The van der Waals surface area contributed by atoms with Crippen LogP contribution in [0.4, 0.5) is 11.5 Å². The van der Waals surface area contributed by atoms with Crippen LogP contribution in [0.2, 0.25) is 10.3 Å². The molecular weight excluding hydrogens is 487 g/mol. The molecule has 0 saturated heterocycles. The molecule has 1 aromatic heterocycles. The number of nitrogens with one attached hydrogen (secondary N) is 1. The van der Waals surface area contributed by atoms with Crippen molar-refractivity contribution in [3.05, 3.63) is 76.7 Å². The minimum atomic E-state index is -0.904. The maximum absolute atomic E-state index is 13.0. The van der Waals surface area contributed by atoms with E-state index in [2.05, 4.69) is 15.3 Å². The van der Waals surface area contributed by atoms with E-state index >= 15 is 0 Å². The number of carbonyl (C=O) groups is 1. The number of para-hydroxylation sites is 1. The molecule has 0 radical (unpaired) electrons. The van der Waals surface area contributed by atoms with E-state index in [4.69, 9.17) is 27.9 Å². The largest absolute Gasteiger partial charge is 0.492 e. The summed E-state index contributed by atoms with van der Waals surface area (Å²) in [7, 11) is 0. The minimum absolute atomic E-state index is 0.0597. The summed E-state index contributed by atoms with van der Waals surface area (Å²) in [4.78, 5) is 23.2. The zero-order chi connectivity index (χ0) is 24.6. The smallest absolute Gasteiger partial charge is 0.254 e. The Bertz CT molecular complexity index is 1130. The van der Waals surface area contributed by atoms with Gasteiger partial charge in [-0.3, -0.25) is 4.79 Å². The SMILES string of the molecule is O=C(NC(O)C1CCCCC1)c1cc(N(CCOc2ccccc2)c2ccnc(Cl)n2)ccc1Cl. The van der Waals surface area contributed by atoms with Gasteiger partial charge >= 0.3 is 0 Å². The van der Waals surface area contributed by atoms with Crippen LogP contribution in [0.5, 0.6) is 5.75 Å². The van der Waals surface area contributed by atoms with Crippen LogP contribution in [0.3, 0.4) is 0 Å². The number of nitrogens with zero attached hydrogens (tertiary/aromatic N) is 3. The molecule has 2 aromatic carbocycles. The third kappa shape index (κ3) is 6.84. The van der Waals surface area contributed by atoms with Gasteiger partial charge < -0.3 is 20.1 Å². The van der Waals surface area contributed by atoms with Gasteiger partial charge in [-0.2, -0.15) is 0 Å². The molecule has 1 amide bonds. The lowest BCUT2D eigenvalue weighted by atomic mass is 9.88. The number of anilines is 2. The van der Waals surface area contributed by atoms with Crippen LogP contribution < -0.4 is 15.0 Å². The first-order chi connectivity index (χ1) is 17.0. The van der Waals surface area contributed by atoms with Crippen LogP contribution in [-0.4, -0.2) is 40.4 Å². The highest BCUT2D eigenvalue weighted by atomic mass is 35.5. The summed E-state index contributed by atoms with van der Waals surface area (Å²) in [5.74, 6) is 0.944. The normalized spacial score (nSPS) is 14.8. The highest BCUT2D eigenvalue weighted by Crippen LogP contribution is 2.30. The lowest BCUT2D eigenvalue weighted by molar-refractivity contribution is 0.0463. The molecule has 1 heterocycles. The number of hydrogen-bond acceptors (Lipinski definition) is 6. The monoisotopic (exact) mass is 514 g/mol. The van der Waals surface area contributed by atoms with Gasteiger partial charge in [0.2, 0.25) is 5.28 Å². The predicted octanol–water partition coefficient (Wildman–Crippen LogP) is 5.63. The van der Waals surface area contributed by atoms with Crippen molar-refractivity contribution in [3.8, 4) is 5.75 Å². The average molecular weight is 515 g/mol. The minimum Gasteiger partial charge on any atom is -0.492 e. The first-order valence-electron chi connectivity index (χ1n) is 11.7. The van der Waals surface area contributed by atoms with Gasteiger partial charge in [0.05, 0.1) is 17.1 Å². The number of carbonyl (C=O) groups excluding carboxylic acids is 1. The number of amides is 1. The fourth-order valence-electron chi connectivity index (χ4n) is 4.26. The maximum Gasteiger partial charge on any atom is 0.254 e. The number of rotatable bonds is 9. The molecule has 0 aliphatic heterocycles. The molecule has 3 aromatic rings. The van der Waals surface area contributed by atoms with Crippen molar-refractivity contribution in [2.24, 2.45) is 5.92 Å². The van der Waals surface area contributed by atoms with Crippen molar-refractivity contribution in [1.82, 2.24) is 15.3 Å². The van der Waals surface area contributed by atoms with Crippen molar-refractivity contribution >= 4 is 40.6 Å². The summed E-state index contributed by atoms with van der Waals surface area (Å²) < 4.78 is 5.87. The number of hydrogen-bond donors (Lipinski definition) is 2. The Morgan fingerprint density at radius 1 is 1.11 bits per heavy atom. The van der Waals surface area contributed by atoms with Crippen LogP contribution in [-0.2, 0) is 0 Å². The van der Waals surface area contributed by atoms with Gasteiger partial charge in [0, 0.05) is 17.8 Å². The molecule has 2 N–H and O–H groups in total. The van der Waals surface area contributed by atoms with Crippen molar-refractivity contribution < 1.29 is 14.6 Å². The molecule has 0 spiro atoms. The Labute approximate surface area is 215 Å². The molecule has 7 nitrogen and oxygen atoms in total. The summed E-state index contributed by atoms with van der Waals surface area (Å²) in [6.07, 6.45) is 5.77. The molecule has 1 atom stereocenters. The van der Waals surface area contributed by atoms with E-state index in [0.29, 0.717) is 29.7 Å². The van der Waals surface area contributed by atoms with Gasteiger partial charge in [0.25, 0.3) is 5.91 Å². The van der Waals surface area contributed by atoms with Crippen molar-refractivity contribution in [1.29, 1.82) is 0 Å². The number of aliphatic hydroxyl groups excluding tert-OH is 1. The fraction of sp³-hybridized carbons (Fsp3) is 0.346. The van der Waals surface area contributed by atoms with E-state index in [0.717, 1.165) is 31.4 Å². The number of benzene rings is 2. The van der Waals surface area contributed by atoms with Crippen LogP contribution in [0.25, 0.3) is 0 Å². The van der Waals surface area contributed by atoms with Crippen LogP contribution >= 0.6 is 23.2 Å². The molecule has 1 fully saturated rings. The van der Waals surface area contributed by atoms with E-state index in [1.165, 1.54) is 6.42 Å². The molecule has 1 aliphatic carbocycles. The third-order valence-electron chi connectivity index (χ3n) is 6.10. The van der Waals surface area contributed by atoms with Gasteiger partial charge in [-0.1, -0.05) is 49.1 Å². The summed E-state index contributed by atoms with van der Waals surface area (Å²) in [6, 6.07) is 16.4. The molecule has 1 saturated carbocycles. The first kappa shape index (κ1) is 25.2. The Hall–Kier alpha value is -2.87. The molecule has 35 heavy (non-hydrogen) atoms. The summed E-state index contributed by atoms with van der Waals surface area (Å²) in [5, 5.41) is 13.7. The van der Waals surface area contributed by atoms with Gasteiger partial charge in [0.1, 0.15) is 24.4 Å². The van der Waals surface area contributed by atoms with Gasteiger partial charge in [-0.15, -0.1) is 0 Å². The molecule has 4 rings (SSSR count). The summed E-state index contributed by atoms with van der Waals surface area (Å²) >= 11 is 12.4. The standard InChI is InChI=1S/C26H28Cl2N4O3/c27-22-12-11-19(17-21(22)25(34)31-24(33)18-7-3-1-4-8-18)32(23-13-14-29-26(28)30-23)15-16-35-20-9-5-2-6-10-20/h2,5-6,9-14,17-18,24,33H,1,3-4,7-8,15-16H2,(H,31,34). The molecule has 0 bridgehead atoms. The zero-order valence-corrected chi connectivity index (χ0v) is 20.8. The quantitative estimate of drug-likeness (QED) is 0.284. The highest BCUT2D eigenvalue weighted by Gasteiger charge is 2.25. The third-order valence-corrected chi connectivity index (χ3v) is 6.61. The van der Waals surface area contributed by atoms with Crippen molar-refractivity contribution in [2.45, 2.75) is 38.3 Å². The number of aromatic nitrogens is 2. The van der Waals surface area contributed by atoms with Gasteiger partial charge in [0.15, 0.2) is 0 Å². The second kappa shape index (κ2) is 12.2. The van der Waals surface area contributed by atoms with Gasteiger partial charge in [-0.25, -0.2) is 9.97 Å². The molecular formula is C26H28Cl2N4O3. The van der Waals surface area contributed by atoms with Crippen molar-refractivity contribution in [2.75, 3.05) is 18.1 Å².